The van der Waals surface area contributed by atoms with Crippen molar-refractivity contribution in [3.05, 3.63) is 47.5 Å². The summed E-state index contributed by atoms with van der Waals surface area (Å²) >= 11 is 0. The molecule has 0 heterocycles. The van der Waals surface area contributed by atoms with Crippen LogP contribution in [0.1, 0.15) is 12.5 Å². The summed E-state index contributed by atoms with van der Waals surface area (Å²) in [6, 6.07) is 11.6. The van der Waals surface area contributed by atoms with Gasteiger partial charge in [0, 0.05) is 18.0 Å². The number of hydrogen-bond acceptors (Lipinski definition) is 1. The highest BCUT2D eigenvalue weighted by atomic mass is 14.8. The van der Waals surface area contributed by atoms with Gasteiger partial charge < -0.3 is 11.3 Å². The van der Waals surface area contributed by atoms with Crippen LogP contribution in [0.5, 0.6) is 0 Å². The van der Waals surface area contributed by atoms with Crippen LogP contribution in [0.25, 0.3) is 16.3 Å². The Morgan fingerprint density at radius 1 is 1.27 bits per heavy atom. The van der Waals surface area contributed by atoms with Crippen LogP contribution in [0.2, 0.25) is 0 Å². The summed E-state index contributed by atoms with van der Waals surface area (Å²) < 4.78 is 0. The number of rotatable bonds is 1. The molecular weight excluding hydrogens is 186 g/mol. The minimum atomic E-state index is 0.562. The molecule has 2 N–H and O–H groups in total. The van der Waals surface area contributed by atoms with Crippen LogP contribution in [0.3, 0.4) is 0 Å². The third-order valence-corrected chi connectivity index (χ3v) is 2.46. The van der Waals surface area contributed by atoms with Gasteiger partial charge in [0.15, 0.2) is 0 Å². The maximum atomic E-state index is 8.70. The third kappa shape index (κ3) is 1.60. The Hall–Kier alpha value is -2.12. The normalized spacial score (nSPS) is 9.93. The number of fused-ring (bicyclic) bond motifs is 1. The van der Waals surface area contributed by atoms with Crippen LogP contribution in [-0.4, -0.2) is 10.5 Å². The summed E-state index contributed by atoms with van der Waals surface area (Å²) in [5, 5.41) is 2.07. The van der Waals surface area contributed by atoms with Crippen molar-refractivity contribution in [2.24, 2.45) is 0 Å². The lowest BCUT2D eigenvalue weighted by molar-refractivity contribution is -0.00459. The molecule has 2 aromatic carbocycles. The predicted octanol–water partition coefficient (Wildman–Crippen LogP) is 2.46. The molecule has 0 amide bonds. The Balaban J connectivity index is 2.78. The van der Waals surface area contributed by atoms with Gasteiger partial charge in [-0.15, -0.1) is 0 Å². The molecular formula is C12H11N3. The first kappa shape index (κ1) is 9.44. The highest BCUT2D eigenvalue weighted by Gasteiger charge is 2.07. The summed E-state index contributed by atoms with van der Waals surface area (Å²) in [4.78, 5) is 3.17. The van der Waals surface area contributed by atoms with Crippen molar-refractivity contribution >= 4 is 22.2 Å². The van der Waals surface area contributed by atoms with Crippen LogP contribution in [-0.2, 0) is 0 Å². The van der Waals surface area contributed by atoms with Gasteiger partial charge >= 0.3 is 0 Å². The van der Waals surface area contributed by atoms with Crippen LogP contribution >= 0.6 is 0 Å². The van der Waals surface area contributed by atoms with Gasteiger partial charge in [-0.25, -0.2) is 0 Å². The van der Waals surface area contributed by atoms with Gasteiger partial charge in [-0.05, 0) is 17.5 Å². The summed E-state index contributed by atoms with van der Waals surface area (Å²) in [7, 11) is 0. The van der Waals surface area contributed by atoms with E-state index < -0.39 is 0 Å². The molecule has 0 spiro atoms. The van der Waals surface area contributed by atoms with Gasteiger partial charge in [0.25, 0.3) is 5.71 Å². The molecule has 3 heteroatoms. The molecule has 15 heavy (non-hydrogen) atoms. The Morgan fingerprint density at radius 3 is 2.73 bits per heavy atom. The lowest BCUT2D eigenvalue weighted by Crippen LogP contribution is -1.98. The number of nitrogens with two attached hydrogens (primary N) is 1. The molecule has 2 aromatic rings. The van der Waals surface area contributed by atoms with Crippen LogP contribution in [0.15, 0.2) is 36.4 Å². The van der Waals surface area contributed by atoms with Gasteiger partial charge in [-0.2, -0.15) is 4.79 Å². The molecule has 0 aromatic heterocycles. The van der Waals surface area contributed by atoms with Crippen LogP contribution in [0, 0.1) is 0 Å². The fourth-order valence-electron chi connectivity index (χ4n) is 1.61. The first-order valence-corrected chi connectivity index (χ1v) is 4.69. The zero-order chi connectivity index (χ0) is 10.8. The van der Waals surface area contributed by atoms with Crippen LogP contribution in [0.4, 0.5) is 5.69 Å². The van der Waals surface area contributed by atoms with Crippen molar-refractivity contribution in [3.63, 3.8) is 0 Å². The largest absolute Gasteiger partial charge is 0.398 e. The Kier molecular flexibility index (Phi) is 2.24. The molecule has 0 aliphatic heterocycles. The first-order chi connectivity index (χ1) is 7.22. The predicted molar refractivity (Wildman–Crippen MR) is 61.8 cm³/mol. The van der Waals surface area contributed by atoms with Crippen molar-refractivity contribution < 1.29 is 4.79 Å². The second kappa shape index (κ2) is 3.56. The number of benzene rings is 2. The fraction of sp³-hybridized carbons (Fsp3) is 0.0833. The van der Waals surface area contributed by atoms with E-state index >= 15 is 0 Å². The average molecular weight is 197 g/mol. The van der Waals surface area contributed by atoms with E-state index in [1.807, 2.05) is 36.4 Å². The summed E-state index contributed by atoms with van der Waals surface area (Å²) in [6.07, 6.45) is 0. The summed E-state index contributed by atoms with van der Waals surface area (Å²) in [6.45, 7) is 1.74. The topological polar surface area (TPSA) is 62.4 Å². The minimum Gasteiger partial charge on any atom is -0.398 e. The van der Waals surface area contributed by atoms with E-state index in [0.29, 0.717) is 11.4 Å². The van der Waals surface area contributed by atoms with E-state index in [-0.39, 0.29) is 0 Å². The molecule has 0 atom stereocenters. The SMILES string of the molecule is CC(=[N+]=[N-])c1cc(N)c2ccccc2c1. The fourth-order valence-corrected chi connectivity index (χ4v) is 1.61. The van der Waals surface area contributed by atoms with E-state index in [2.05, 4.69) is 4.79 Å². The zero-order valence-electron chi connectivity index (χ0n) is 8.44. The van der Waals surface area contributed by atoms with Crippen LogP contribution < -0.4 is 5.73 Å². The molecule has 0 aliphatic carbocycles. The van der Waals surface area contributed by atoms with Crippen molar-refractivity contribution in [1.82, 2.24) is 0 Å². The molecule has 0 saturated heterocycles. The first-order valence-electron chi connectivity index (χ1n) is 4.69. The monoisotopic (exact) mass is 197 g/mol. The number of nitrogen functional groups attached to an aromatic ring is 1. The Morgan fingerprint density at radius 2 is 2.00 bits per heavy atom. The second-order valence-corrected chi connectivity index (χ2v) is 3.47. The summed E-state index contributed by atoms with van der Waals surface area (Å²) in [5.74, 6) is 0. The van der Waals surface area contributed by atoms with E-state index in [1.165, 1.54) is 0 Å². The van der Waals surface area contributed by atoms with Crippen molar-refractivity contribution in [2.45, 2.75) is 6.92 Å². The maximum absolute atomic E-state index is 8.70. The maximum Gasteiger partial charge on any atom is 0.296 e. The van der Waals surface area contributed by atoms with Gasteiger partial charge in [0.2, 0.25) is 0 Å². The van der Waals surface area contributed by atoms with E-state index in [4.69, 9.17) is 11.3 Å². The van der Waals surface area contributed by atoms with Crippen molar-refractivity contribution in [2.75, 3.05) is 5.73 Å². The Bertz CT molecular complexity index is 566. The lowest BCUT2D eigenvalue weighted by Gasteiger charge is -2.02. The Labute approximate surface area is 87.8 Å². The molecule has 0 radical (unpaired) electrons. The van der Waals surface area contributed by atoms with Crippen molar-refractivity contribution in [3.8, 4) is 0 Å². The third-order valence-electron chi connectivity index (χ3n) is 2.46. The quantitative estimate of drug-likeness (QED) is 0.324. The van der Waals surface area contributed by atoms with Gasteiger partial charge in [0.05, 0.1) is 5.56 Å². The average Bonchev–Trinajstić information content (AvgIpc) is 2.28. The molecule has 0 saturated carbocycles. The van der Waals surface area contributed by atoms with Crippen molar-refractivity contribution in [1.29, 1.82) is 0 Å². The number of hydrogen-bond donors (Lipinski definition) is 1. The molecule has 2 rings (SSSR count). The molecule has 0 bridgehead atoms. The van der Waals surface area contributed by atoms with E-state index in [9.17, 15) is 0 Å². The minimum absolute atomic E-state index is 0.562. The molecule has 3 nitrogen and oxygen atoms in total. The summed E-state index contributed by atoms with van der Waals surface area (Å²) in [5.41, 5.74) is 16.7. The molecule has 0 fully saturated rings. The highest BCUT2D eigenvalue weighted by Crippen LogP contribution is 2.22. The van der Waals surface area contributed by atoms with Gasteiger partial charge in [-0.1, -0.05) is 24.3 Å². The van der Waals surface area contributed by atoms with Gasteiger partial charge in [-0.3, -0.25) is 0 Å². The van der Waals surface area contributed by atoms with E-state index in [1.54, 1.807) is 6.92 Å². The van der Waals surface area contributed by atoms with Gasteiger partial charge in [0.1, 0.15) is 0 Å². The number of anilines is 1. The molecule has 74 valence electrons. The smallest absolute Gasteiger partial charge is 0.296 e. The van der Waals surface area contributed by atoms with E-state index in [0.717, 1.165) is 16.3 Å². The lowest BCUT2D eigenvalue weighted by atomic mass is 10.0. The molecule has 0 unspecified atom stereocenters. The number of nitrogens with zero attached hydrogens (tertiary/aromatic N) is 2. The highest BCUT2D eigenvalue weighted by molar-refractivity contribution is 6.02. The second-order valence-electron chi connectivity index (χ2n) is 3.47. The zero-order valence-corrected chi connectivity index (χ0v) is 8.44. The standard InChI is InChI=1S/C12H11N3/c1-8(15-14)10-6-9-4-2-3-5-11(9)12(13)7-10/h2-7H,13H2,1H3. The molecule has 0 aliphatic rings.